The quantitative estimate of drug-likeness (QED) is 0.679. The van der Waals surface area contributed by atoms with Crippen LogP contribution in [-0.4, -0.2) is 11.0 Å². The van der Waals surface area contributed by atoms with E-state index in [1.165, 1.54) is 6.42 Å². The first-order valence-corrected chi connectivity index (χ1v) is 6.83. The maximum atomic E-state index is 13.6. The molecule has 2 atom stereocenters. The maximum absolute atomic E-state index is 13.6. The topological polar surface area (TPSA) is 55.2 Å². The molecule has 2 rings (SSSR count). The fraction of sp³-hybridized carbons (Fsp3) is 0.571. The second kappa shape index (κ2) is 6.26. The van der Waals surface area contributed by atoms with Crippen LogP contribution in [0.2, 0.25) is 0 Å². The van der Waals surface area contributed by atoms with Gasteiger partial charge in [0, 0.05) is 30.3 Å². The van der Waals surface area contributed by atoms with Crippen LogP contribution >= 0.6 is 0 Å². The Morgan fingerprint density at radius 2 is 2.10 bits per heavy atom. The summed E-state index contributed by atoms with van der Waals surface area (Å²) in [7, 11) is 0. The lowest BCUT2D eigenvalue weighted by atomic mass is 9.87. The Morgan fingerprint density at radius 3 is 2.75 bits per heavy atom. The average molecular weight is 284 g/mol. The van der Waals surface area contributed by atoms with Crippen molar-refractivity contribution in [3.05, 3.63) is 39.4 Å². The molecule has 0 bridgehead atoms. The summed E-state index contributed by atoms with van der Waals surface area (Å²) in [6.45, 7) is 2.36. The lowest BCUT2D eigenvalue weighted by molar-refractivity contribution is -0.387. The second-order valence-corrected chi connectivity index (χ2v) is 5.50. The first-order chi connectivity index (χ1) is 9.47. The van der Waals surface area contributed by atoms with Crippen molar-refractivity contribution >= 4 is 5.69 Å². The summed E-state index contributed by atoms with van der Waals surface area (Å²) < 4.78 is 26.8. The number of rotatable bonds is 4. The van der Waals surface area contributed by atoms with E-state index in [1.807, 2.05) is 0 Å². The van der Waals surface area contributed by atoms with Crippen LogP contribution in [0.25, 0.3) is 0 Å². The number of nitro groups is 1. The Labute approximate surface area is 116 Å². The molecule has 4 nitrogen and oxygen atoms in total. The first-order valence-electron chi connectivity index (χ1n) is 6.83. The van der Waals surface area contributed by atoms with Crippen LogP contribution < -0.4 is 5.32 Å². The molecular formula is C14H18F2N2O2. The Hall–Kier alpha value is -1.56. The Morgan fingerprint density at radius 1 is 1.35 bits per heavy atom. The zero-order valence-corrected chi connectivity index (χ0v) is 11.4. The molecular weight excluding hydrogens is 266 g/mol. The molecule has 6 heteroatoms. The van der Waals surface area contributed by atoms with E-state index in [9.17, 15) is 18.9 Å². The molecule has 0 spiro atoms. The minimum atomic E-state index is -1.14. The van der Waals surface area contributed by atoms with Crippen LogP contribution in [0, 0.1) is 27.7 Å². The zero-order valence-electron chi connectivity index (χ0n) is 11.4. The number of halogens is 2. The number of nitro benzene ring substituents is 1. The molecule has 1 N–H and O–H groups in total. The van der Waals surface area contributed by atoms with Crippen molar-refractivity contribution in [3.63, 3.8) is 0 Å². The number of benzene rings is 1. The molecule has 0 aromatic heterocycles. The van der Waals surface area contributed by atoms with Crippen LogP contribution in [0.3, 0.4) is 0 Å². The van der Waals surface area contributed by atoms with Gasteiger partial charge in [-0.05, 0) is 18.8 Å². The van der Waals surface area contributed by atoms with E-state index in [1.54, 1.807) is 0 Å². The summed E-state index contributed by atoms with van der Waals surface area (Å²) in [5, 5.41) is 13.9. The van der Waals surface area contributed by atoms with Gasteiger partial charge in [-0.2, -0.15) is 4.39 Å². The SMILES string of the molecule is CC1CCCC(NCc2cc([N+](=O)[O-])c(F)cc2F)C1. The van der Waals surface area contributed by atoms with Crippen LogP contribution in [0.15, 0.2) is 12.1 Å². The minimum Gasteiger partial charge on any atom is -0.310 e. The lowest BCUT2D eigenvalue weighted by Gasteiger charge is -2.27. The Kier molecular flexibility index (Phi) is 4.65. The van der Waals surface area contributed by atoms with Gasteiger partial charge in [-0.1, -0.05) is 19.8 Å². The molecule has 1 aliphatic rings. The smallest absolute Gasteiger partial charge is 0.305 e. The molecule has 0 heterocycles. The van der Waals surface area contributed by atoms with Crippen molar-refractivity contribution in [2.75, 3.05) is 0 Å². The standard InChI is InChI=1S/C14H18F2N2O2/c1-9-3-2-4-11(5-9)17-8-10-6-14(18(19)20)13(16)7-12(10)15/h6-7,9,11,17H,2-5,8H2,1H3. The van der Waals surface area contributed by atoms with Gasteiger partial charge in [-0.25, -0.2) is 4.39 Å². The van der Waals surface area contributed by atoms with Gasteiger partial charge < -0.3 is 5.32 Å². The number of hydrogen-bond donors (Lipinski definition) is 1. The van der Waals surface area contributed by atoms with Crippen LogP contribution in [0.1, 0.15) is 38.2 Å². The van der Waals surface area contributed by atoms with E-state index < -0.39 is 22.2 Å². The highest BCUT2D eigenvalue weighted by Gasteiger charge is 2.21. The fourth-order valence-electron chi connectivity index (χ4n) is 2.73. The van der Waals surface area contributed by atoms with Crippen molar-refractivity contribution < 1.29 is 13.7 Å². The van der Waals surface area contributed by atoms with E-state index in [4.69, 9.17) is 0 Å². The molecule has 0 radical (unpaired) electrons. The normalized spacial score (nSPS) is 22.8. The highest BCUT2D eigenvalue weighted by Crippen LogP contribution is 2.25. The van der Waals surface area contributed by atoms with Crippen molar-refractivity contribution in [2.45, 2.75) is 45.2 Å². The van der Waals surface area contributed by atoms with E-state index in [-0.39, 0.29) is 12.1 Å². The van der Waals surface area contributed by atoms with Gasteiger partial charge >= 0.3 is 5.69 Å². The molecule has 110 valence electrons. The largest absolute Gasteiger partial charge is 0.310 e. The maximum Gasteiger partial charge on any atom is 0.305 e. The van der Waals surface area contributed by atoms with Gasteiger partial charge in [0.25, 0.3) is 0 Å². The van der Waals surface area contributed by atoms with E-state index in [0.717, 1.165) is 25.3 Å². The summed E-state index contributed by atoms with van der Waals surface area (Å²) >= 11 is 0. The summed E-state index contributed by atoms with van der Waals surface area (Å²) in [4.78, 5) is 9.82. The highest BCUT2D eigenvalue weighted by atomic mass is 19.1. The third kappa shape index (κ3) is 3.50. The molecule has 1 aromatic carbocycles. The van der Waals surface area contributed by atoms with Gasteiger partial charge in [0.15, 0.2) is 0 Å². The average Bonchev–Trinajstić information content (AvgIpc) is 2.37. The molecule has 1 aliphatic carbocycles. The predicted molar refractivity (Wildman–Crippen MR) is 71.3 cm³/mol. The number of nitrogens with one attached hydrogen (secondary N) is 1. The third-order valence-corrected chi connectivity index (χ3v) is 3.83. The van der Waals surface area contributed by atoms with Crippen molar-refractivity contribution in [1.29, 1.82) is 0 Å². The third-order valence-electron chi connectivity index (χ3n) is 3.83. The summed E-state index contributed by atoms with van der Waals surface area (Å²) in [6.07, 6.45) is 4.37. The lowest BCUT2D eigenvalue weighted by Crippen LogP contribution is -2.33. The van der Waals surface area contributed by atoms with E-state index >= 15 is 0 Å². The molecule has 20 heavy (non-hydrogen) atoms. The molecule has 0 saturated heterocycles. The fourth-order valence-corrected chi connectivity index (χ4v) is 2.73. The second-order valence-electron chi connectivity index (χ2n) is 5.50. The Bertz CT molecular complexity index is 508. The minimum absolute atomic E-state index is 0.135. The predicted octanol–water partition coefficient (Wildman–Crippen LogP) is 3.54. The van der Waals surface area contributed by atoms with Gasteiger partial charge in [0.1, 0.15) is 5.82 Å². The summed E-state index contributed by atoms with van der Waals surface area (Å²) in [5.74, 6) is -1.25. The monoisotopic (exact) mass is 284 g/mol. The van der Waals surface area contributed by atoms with E-state index in [2.05, 4.69) is 12.2 Å². The van der Waals surface area contributed by atoms with Gasteiger partial charge in [-0.15, -0.1) is 0 Å². The van der Waals surface area contributed by atoms with Crippen molar-refractivity contribution in [2.24, 2.45) is 5.92 Å². The van der Waals surface area contributed by atoms with Gasteiger partial charge in [-0.3, -0.25) is 10.1 Å². The molecule has 1 fully saturated rings. The summed E-state index contributed by atoms with van der Waals surface area (Å²) in [6, 6.07) is 1.85. The number of nitrogens with zero attached hydrogens (tertiary/aromatic N) is 1. The van der Waals surface area contributed by atoms with Gasteiger partial charge in [0.05, 0.1) is 4.92 Å². The van der Waals surface area contributed by atoms with Crippen molar-refractivity contribution in [3.8, 4) is 0 Å². The van der Waals surface area contributed by atoms with Crippen LogP contribution in [-0.2, 0) is 6.54 Å². The number of hydrogen-bond acceptors (Lipinski definition) is 3. The molecule has 0 aliphatic heterocycles. The highest BCUT2D eigenvalue weighted by molar-refractivity contribution is 5.37. The van der Waals surface area contributed by atoms with E-state index in [0.29, 0.717) is 18.0 Å². The Balaban J connectivity index is 2.05. The zero-order chi connectivity index (χ0) is 14.7. The summed E-state index contributed by atoms with van der Waals surface area (Å²) in [5.41, 5.74) is -0.545. The van der Waals surface area contributed by atoms with Crippen molar-refractivity contribution in [1.82, 2.24) is 5.32 Å². The molecule has 1 aromatic rings. The molecule has 0 amide bonds. The van der Waals surface area contributed by atoms with Gasteiger partial charge in [0.2, 0.25) is 5.82 Å². The first kappa shape index (κ1) is 14.8. The molecule has 2 unspecified atom stereocenters. The van der Waals surface area contributed by atoms with Crippen LogP contribution in [0.4, 0.5) is 14.5 Å². The molecule has 1 saturated carbocycles. The van der Waals surface area contributed by atoms with Crippen LogP contribution in [0.5, 0.6) is 0 Å².